The number of amides is 2. The lowest BCUT2D eigenvalue weighted by Crippen LogP contribution is -2.69. The number of hydroxylamine groups is 2. The molecule has 1 saturated carbocycles. The molecule has 3 saturated heterocycles. The van der Waals surface area contributed by atoms with Gasteiger partial charge < -0.3 is 34.7 Å². The second-order valence-corrected chi connectivity index (χ2v) is 18.0. The molecule has 0 aromatic heterocycles. The van der Waals surface area contributed by atoms with E-state index >= 15 is 0 Å². The van der Waals surface area contributed by atoms with Gasteiger partial charge in [0.05, 0.1) is 19.2 Å². The van der Waals surface area contributed by atoms with E-state index < -0.39 is 77.1 Å². The number of benzene rings is 4. The molecule has 13 nitrogen and oxygen atoms in total. The Bertz CT molecular complexity index is 2180. The monoisotopic (exact) mass is 929 g/mol. The molecule has 4 aliphatic rings. The number of esters is 2. The summed E-state index contributed by atoms with van der Waals surface area (Å²) in [6, 6.07) is 32.0. The summed E-state index contributed by atoms with van der Waals surface area (Å²) in [6.07, 6.45) is -3.01. The molecule has 0 spiro atoms. The van der Waals surface area contributed by atoms with Crippen LogP contribution in [0.3, 0.4) is 0 Å². The van der Waals surface area contributed by atoms with Crippen LogP contribution in [-0.2, 0) is 57.0 Å². The molecule has 60 heavy (non-hydrogen) atoms. The van der Waals surface area contributed by atoms with Crippen LogP contribution in [0.15, 0.2) is 109 Å². The number of hydrogen-bond donors (Lipinski definition) is 3. The van der Waals surface area contributed by atoms with Crippen LogP contribution in [-0.4, -0.2) is 82.6 Å². The quantitative estimate of drug-likeness (QED) is 0.118. The molecule has 8 rings (SSSR count). The minimum Gasteiger partial charge on any atom is -0.460 e. The third-order valence-electron chi connectivity index (χ3n) is 11.5. The Morgan fingerprint density at radius 1 is 0.900 bits per heavy atom. The lowest BCUT2D eigenvalue weighted by atomic mass is 9.62. The lowest BCUT2D eigenvalue weighted by Gasteiger charge is -2.48. The van der Waals surface area contributed by atoms with Crippen molar-refractivity contribution in [3.05, 3.63) is 141 Å². The molecule has 2 bridgehead atoms. The van der Waals surface area contributed by atoms with Crippen molar-refractivity contribution in [1.82, 2.24) is 15.7 Å². The van der Waals surface area contributed by atoms with E-state index in [0.29, 0.717) is 11.1 Å². The van der Waals surface area contributed by atoms with Gasteiger partial charge >= 0.3 is 11.9 Å². The summed E-state index contributed by atoms with van der Waals surface area (Å²) in [4.78, 5) is 61.6. The van der Waals surface area contributed by atoms with E-state index in [4.69, 9.17) is 23.8 Å². The van der Waals surface area contributed by atoms with Crippen LogP contribution in [0, 0.1) is 8.99 Å². The molecule has 3 heterocycles. The van der Waals surface area contributed by atoms with Gasteiger partial charge in [-0.15, -0.1) is 0 Å². The molecule has 1 aliphatic carbocycles. The van der Waals surface area contributed by atoms with Crippen molar-refractivity contribution in [2.45, 2.75) is 101 Å². The molecular weight excluding hydrogens is 881 g/mol. The average Bonchev–Trinajstić information content (AvgIpc) is 3.82. The predicted molar refractivity (Wildman–Crippen MR) is 225 cm³/mol. The van der Waals surface area contributed by atoms with Crippen LogP contribution in [0.25, 0.3) is 0 Å². The minimum absolute atomic E-state index is 0.0249. The highest BCUT2D eigenvalue weighted by atomic mass is 127. The number of carbonyl (C=O) groups is 4. The Morgan fingerprint density at radius 2 is 1.57 bits per heavy atom. The van der Waals surface area contributed by atoms with Crippen molar-refractivity contribution < 1.29 is 48.1 Å². The van der Waals surface area contributed by atoms with Crippen molar-refractivity contribution in [1.29, 1.82) is 0 Å². The summed E-state index contributed by atoms with van der Waals surface area (Å²) >= 11 is 2.23. The highest BCUT2D eigenvalue weighted by molar-refractivity contribution is 14.1. The van der Waals surface area contributed by atoms with Crippen LogP contribution in [0.4, 0.5) is 0 Å². The Kier molecular flexibility index (Phi) is 11.9. The molecule has 4 aromatic rings. The van der Waals surface area contributed by atoms with Crippen molar-refractivity contribution in [3.8, 4) is 0 Å². The van der Waals surface area contributed by atoms with Gasteiger partial charge in [-0.3, -0.25) is 24.0 Å². The molecule has 3 aliphatic heterocycles. The maximum absolute atomic E-state index is 15.0. The van der Waals surface area contributed by atoms with E-state index in [0.717, 1.165) is 20.3 Å². The summed E-state index contributed by atoms with van der Waals surface area (Å²) in [5.74, 6) is -3.25. The van der Waals surface area contributed by atoms with Crippen molar-refractivity contribution in [2.75, 3.05) is 6.61 Å². The van der Waals surface area contributed by atoms with E-state index in [9.17, 15) is 24.3 Å². The van der Waals surface area contributed by atoms with Crippen LogP contribution >= 0.6 is 22.6 Å². The van der Waals surface area contributed by atoms with Gasteiger partial charge in [-0.25, -0.2) is 0 Å². The fraction of sp³-hybridized carbons (Fsp3) is 0.391. The molecule has 7 atom stereocenters. The number of fused-ring (bicyclic) bond motifs is 4. The first-order valence-corrected chi connectivity index (χ1v) is 21.2. The first kappa shape index (κ1) is 42.0. The molecule has 3 N–H and O–H groups in total. The number of hydrogen-bond acceptors (Lipinski definition) is 11. The number of rotatable bonds is 13. The Hall–Kier alpha value is -4.71. The standard InChI is InChI=1S/C46H48IN3O10/c1-44(2,3)57-36(52)22-21-34(27-51)49-41(53)30-12-10-11-29(23-30)25-48-43(55)45-24-35-37-38(59-46(58-37,31-13-6-4-7-14-31)32-15-8-5-9-16-32)40(45)60-50(39(45)42(54)56-35)26-28-17-19-33(47)20-18-28/h4-20,23,34-35,37-40,51H,21-22,24-27H2,1-3H3,(H,48,55)(H,49,53). The predicted octanol–water partition coefficient (Wildman–Crippen LogP) is 5.31. The fourth-order valence-corrected chi connectivity index (χ4v) is 9.15. The smallest absolute Gasteiger partial charge is 0.327 e. The highest BCUT2D eigenvalue weighted by Crippen LogP contribution is 2.59. The summed E-state index contributed by atoms with van der Waals surface area (Å²) in [7, 11) is 0. The molecule has 4 fully saturated rings. The van der Waals surface area contributed by atoms with Gasteiger partial charge in [0.1, 0.15) is 35.4 Å². The zero-order valence-electron chi connectivity index (χ0n) is 33.5. The largest absolute Gasteiger partial charge is 0.460 e. The minimum atomic E-state index is -1.44. The molecule has 14 heteroatoms. The number of ether oxygens (including phenoxy) is 4. The molecule has 4 aromatic carbocycles. The van der Waals surface area contributed by atoms with E-state index in [-0.39, 0.29) is 39.0 Å². The van der Waals surface area contributed by atoms with Gasteiger partial charge in [0.2, 0.25) is 11.7 Å². The van der Waals surface area contributed by atoms with Gasteiger partial charge in [0.15, 0.2) is 6.04 Å². The second kappa shape index (κ2) is 17.0. The van der Waals surface area contributed by atoms with Gasteiger partial charge in [-0.05, 0) is 85.2 Å². The van der Waals surface area contributed by atoms with Crippen molar-refractivity contribution in [2.24, 2.45) is 5.41 Å². The maximum Gasteiger partial charge on any atom is 0.327 e. The molecular formula is C46H48IN3O10. The van der Waals surface area contributed by atoms with E-state index in [1.165, 1.54) is 0 Å². The maximum atomic E-state index is 15.0. The highest BCUT2D eigenvalue weighted by Gasteiger charge is 2.76. The topological polar surface area (TPSA) is 162 Å². The second-order valence-electron chi connectivity index (χ2n) is 16.7. The third kappa shape index (κ3) is 8.20. The van der Waals surface area contributed by atoms with Crippen molar-refractivity contribution in [3.63, 3.8) is 0 Å². The number of nitrogens with zero attached hydrogens (tertiary/aromatic N) is 1. The zero-order chi connectivity index (χ0) is 42.2. The third-order valence-corrected chi connectivity index (χ3v) is 12.2. The summed E-state index contributed by atoms with van der Waals surface area (Å²) in [5, 5.41) is 17.4. The molecule has 2 amide bonds. The van der Waals surface area contributed by atoms with Crippen molar-refractivity contribution >= 4 is 46.3 Å². The first-order chi connectivity index (χ1) is 28.8. The summed E-state index contributed by atoms with van der Waals surface area (Å²) in [5.41, 5.74) is 1.22. The van der Waals surface area contributed by atoms with Gasteiger partial charge in [-0.1, -0.05) is 84.9 Å². The van der Waals surface area contributed by atoms with Crippen LogP contribution in [0.2, 0.25) is 0 Å². The average molecular weight is 930 g/mol. The van der Waals surface area contributed by atoms with Crippen LogP contribution in [0.5, 0.6) is 0 Å². The van der Waals surface area contributed by atoms with E-state index in [1.54, 1.807) is 50.1 Å². The van der Waals surface area contributed by atoms with Gasteiger partial charge in [0, 0.05) is 39.6 Å². The SMILES string of the molecule is CC(C)(C)OC(=O)CCC(CO)NC(=O)c1cccc(CNC(=O)C23CC4OC(=O)C2N(Cc2ccc(I)cc2)OC3C2OC(c3ccccc3)(c3ccccc3)OC42)c1. The number of aliphatic hydroxyl groups is 1. The Balaban J connectivity index is 1.06. The number of carbonyl (C=O) groups excluding carboxylic acids is 4. The number of aliphatic hydroxyl groups excluding tert-OH is 1. The zero-order valence-corrected chi connectivity index (χ0v) is 35.7. The van der Waals surface area contributed by atoms with E-state index in [2.05, 4.69) is 33.2 Å². The molecule has 0 radical (unpaired) electrons. The Labute approximate surface area is 362 Å². The number of halogens is 1. The summed E-state index contributed by atoms with van der Waals surface area (Å²) in [6.45, 7) is 5.19. The Morgan fingerprint density at radius 3 is 2.22 bits per heavy atom. The van der Waals surface area contributed by atoms with Crippen LogP contribution in [0.1, 0.15) is 72.6 Å². The summed E-state index contributed by atoms with van der Waals surface area (Å²) < 4.78 is 26.6. The fourth-order valence-electron chi connectivity index (χ4n) is 8.79. The lowest BCUT2D eigenvalue weighted by molar-refractivity contribution is -0.213. The molecule has 314 valence electrons. The first-order valence-electron chi connectivity index (χ1n) is 20.2. The number of nitrogens with one attached hydrogen (secondary N) is 2. The molecule has 7 unspecified atom stereocenters. The van der Waals surface area contributed by atoms with Gasteiger partial charge in [0.25, 0.3) is 5.91 Å². The van der Waals surface area contributed by atoms with Gasteiger partial charge in [-0.2, -0.15) is 5.06 Å². The van der Waals surface area contributed by atoms with E-state index in [1.807, 2.05) is 84.9 Å². The normalized spacial score (nSPS) is 25.8. The van der Waals surface area contributed by atoms with Crippen LogP contribution < -0.4 is 10.6 Å².